The average Bonchev–Trinajstić information content (AvgIpc) is 3.04. The third-order valence-corrected chi connectivity index (χ3v) is 4.63. The van der Waals surface area contributed by atoms with Crippen LogP contribution in [0.4, 0.5) is 5.13 Å². The van der Waals surface area contributed by atoms with Crippen molar-refractivity contribution in [3.63, 3.8) is 0 Å². The highest BCUT2D eigenvalue weighted by atomic mass is 32.1. The Bertz CT molecular complexity index is 458. The number of anilines is 1. The van der Waals surface area contributed by atoms with E-state index in [1.807, 2.05) is 19.2 Å². The number of carbonyl (C=O) groups is 2. The number of nitrogens with one attached hydrogen (secondary N) is 1. The Morgan fingerprint density at radius 3 is 2.52 bits per heavy atom. The van der Waals surface area contributed by atoms with Gasteiger partial charge in [-0.25, -0.2) is 4.98 Å². The molecular formula is C17H29N3O2S. The molecule has 1 rings (SSSR count). The van der Waals surface area contributed by atoms with Gasteiger partial charge in [0.1, 0.15) is 0 Å². The van der Waals surface area contributed by atoms with E-state index in [1.54, 1.807) is 11.1 Å². The van der Waals surface area contributed by atoms with Crippen molar-refractivity contribution in [2.75, 3.05) is 18.4 Å². The van der Waals surface area contributed by atoms with E-state index in [0.29, 0.717) is 11.7 Å². The molecule has 1 heterocycles. The summed E-state index contributed by atoms with van der Waals surface area (Å²) in [5.74, 6) is -0.0654. The van der Waals surface area contributed by atoms with Crippen LogP contribution >= 0.6 is 11.3 Å². The second kappa shape index (κ2) is 11.2. The zero-order valence-corrected chi connectivity index (χ0v) is 15.3. The van der Waals surface area contributed by atoms with Crippen LogP contribution in [0.3, 0.4) is 0 Å². The summed E-state index contributed by atoms with van der Waals surface area (Å²) in [5.41, 5.74) is 0. The number of unbranched alkanes of at least 4 members (excludes halogenated alkanes) is 3. The van der Waals surface area contributed by atoms with E-state index in [2.05, 4.69) is 17.2 Å². The highest BCUT2D eigenvalue weighted by Gasteiger charge is 2.23. The van der Waals surface area contributed by atoms with E-state index >= 15 is 0 Å². The number of hydrogen-bond donors (Lipinski definition) is 1. The fourth-order valence-electron chi connectivity index (χ4n) is 2.51. The van der Waals surface area contributed by atoms with Crippen LogP contribution in [-0.2, 0) is 9.59 Å². The van der Waals surface area contributed by atoms with E-state index in [4.69, 9.17) is 0 Å². The molecule has 0 aliphatic rings. The van der Waals surface area contributed by atoms with Gasteiger partial charge in [-0.2, -0.15) is 0 Å². The van der Waals surface area contributed by atoms with E-state index in [-0.39, 0.29) is 24.3 Å². The van der Waals surface area contributed by atoms with Crippen molar-refractivity contribution < 1.29 is 9.59 Å². The minimum Gasteiger partial charge on any atom is -0.333 e. The molecular weight excluding hydrogens is 310 g/mol. The lowest BCUT2D eigenvalue weighted by Crippen LogP contribution is -2.41. The lowest BCUT2D eigenvalue weighted by Gasteiger charge is -2.26. The number of thiazole rings is 1. The fourth-order valence-corrected chi connectivity index (χ4v) is 3.06. The molecule has 0 aliphatic carbocycles. The van der Waals surface area contributed by atoms with Gasteiger partial charge in [0.15, 0.2) is 5.13 Å². The van der Waals surface area contributed by atoms with Crippen LogP contribution in [0.1, 0.15) is 59.3 Å². The lowest BCUT2D eigenvalue weighted by molar-refractivity contribution is -0.138. The van der Waals surface area contributed by atoms with Gasteiger partial charge >= 0.3 is 0 Å². The Balaban J connectivity index is 2.61. The summed E-state index contributed by atoms with van der Waals surface area (Å²) in [6.07, 6.45) is 7.65. The van der Waals surface area contributed by atoms with Crippen LogP contribution < -0.4 is 5.32 Å². The molecule has 0 aliphatic heterocycles. The van der Waals surface area contributed by atoms with Crippen molar-refractivity contribution in [2.24, 2.45) is 5.92 Å². The molecule has 130 valence electrons. The topological polar surface area (TPSA) is 62.3 Å². The minimum atomic E-state index is -0.172. The molecule has 0 radical (unpaired) electrons. The first-order chi connectivity index (χ1) is 11.1. The van der Waals surface area contributed by atoms with E-state index < -0.39 is 0 Å². The summed E-state index contributed by atoms with van der Waals surface area (Å²) >= 11 is 1.38. The lowest BCUT2D eigenvalue weighted by atomic mass is 10.0. The number of aromatic nitrogens is 1. The molecule has 1 N–H and O–H groups in total. The normalized spacial score (nSPS) is 10.8. The molecule has 0 spiro atoms. The molecule has 6 heteroatoms. The molecule has 0 saturated heterocycles. The predicted molar refractivity (Wildman–Crippen MR) is 95.5 cm³/mol. The first-order valence-electron chi connectivity index (χ1n) is 8.60. The van der Waals surface area contributed by atoms with Gasteiger partial charge in [-0.3, -0.25) is 9.59 Å². The average molecular weight is 340 g/mol. The molecule has 2 amide bonds. The van der Waals surface area contributed by atoms with Gasteiger partial charge in [-0.1, -0.05) is 40.0 Å². The summed E-state index contributed by atoms with van der Waals surface area (Å²) < 4.78 is 0. The standard InChI is InChI=1S/C17H29N3O2S/c1-4-7-8-9-11-20(16(22)14(5-2)6-3)13-15(21)19-17-18-10-12-23-17/h10,12,14H,4-9,11,13H2,1-3H3,(H,18,19,21). The Labute approximate surface area is 143 Å². The van der Waals surface area contributed by atoms with Crippen LogP contribution in [-0.4, -0.2) is 34.8 Å². The number of amides is 2. The third-order valence-electron chi connectivity index (χ3n) is 3.94. The SMILES string of the molecule is CCCCCCN(CC(=O)Nc1nccs1)C(=O)C(CC)CC. The zero-order valence-electron chi connectivity index (χ0n) is 14.5. The molecule has 0 aromatic carbocycles. The highest BCUT2D eigenvalue weighted by Crippen LogP contribution is 2.14. The van der Waals surface area contributed by atoms with Gasteiger partial charge in [0.2, 0.25) is 11.8 Å². The van der Waals surface area contributed by atoms with Crippen molar-refractivity contribution in [3.8, 4) is 0 Å². The van der Waals surface area contributed by atoms with Gasteiger partial charge < -0.3 is 10.2 Å². The zero-order chi connectivity index (χ0) is 17.1. The van der Waals surface area contributed by atoms with E-state index in [1.165, 1.54) is 17.8 Å². The van der Waals surface area contributed by atoms with Crippen LogP contribution in [0, 0.1) is 5.92 Å². The van der Waals surface area contributed by atoms with Crippen LogP contribution in [0.25, 0.3) is 0 Å². The van der Waals surface area contributed by atoms with Crippen LogP contribution in [0.15, 0.2) is 11.6 Å². The van der Waals surface area contributed by atoms with Gasteiger partial charge in [0, 0.05) is 24.0 Å². The van der Waals surface area contributed by atoms with Crippen LogP contribution in [0.2, 0.25) is 0 Å². The molecule has 0 fully saturated rings. The molecule has 0 saturated carbocycles. The molecule has 0 atom stereocenters. The van der Waals surface area contributed by atoms with Crippen molar-refractivity contribution in [3.05, 3.63) is 11.6 Å². The first-order valence-corrected chi connectivity index (χ1v) is 9.48. The molecule has 0 bridgehead atoms. The Hall–Kier alpha value is -1.43. The first kappa shape index (κ1) is 19.6. The van der Waals surface area contributed by atoms with Crippen molar-refractivity contribution in [1.82, 2.24) is 9.88 Å². The summed E-state index contributed by atoms with van der Waals surface area (Å²) in [6, 6.07) is 0. The summed E-state index contributed by atoms with van der Waals surface area (Å²) in [4.78, 5) is 30.6. The van der Waals surface area contributed by atoms with Crippen molar-refractivity contribution >= 4 is 28.3 Å². The summed E-state index contributed by atoms with van der Waals surface area (Å²) in [6.45, 7) is 6.98. The quantitative estimate of drug-likeness (QED) is 0.621. The van der Waals surface area contributed by atoms with Crippen molar-refractivity contribution in [2.45, 2.75) is 59.3 Å². The fraction of sp³-hybridized carbons (Fsp3) is 0.706. The second-order valence-electron chi connectivity index (χ2n) is 5.72. The second-order valence-corrected chi connectivity index (χ2v) is 6.61. The number of nitrogens with zero attached hydrogens (tertiary/aromatic N) is 2. The monoisotopic (exact) mass is 339 g/mol. The van der Waals surface area contributed by atoms with E-state index in [0.717, 1.165) is 32.1 Å². The predicted octanol–water partition coefficient (Wildman–Crippen LogP) is 3.93. The number of carbonyl (C=O) groups excluding carboxylic acids is 2. The highest BCUT2D eigenvalue weighted by molar-refractivity contribution is 7.13. The Kier molecular flexibility index (Phi) is 9.52. The Morgan fingerprint density at radius 2 is 1.96 bits per heavy atom. The summed E-state index contributed by atoms with van der Waals surface area (Å²) in [5, 5.41) is 5.15. The maximum atomic E-state index is 12.6. The summed E-state index contributed by atoms with van der Waals surface area (Å²) in [7, 11) is 0. The number of hydrogen-bond acceptors (Lipinski definition) is 4. The molecule has 1 aromatic heterocycles. The van der Waals surface area contributed by atoms with Crippen molar-refractivity contribution in [1.29, 1.82) is 0 Å². The maximum absolute atomic E-state index is 12.6. The maximum Gasteiger partial charge on any atom is 0.245 e. The molecule has 23 heavy (non-hydrogen) atoms. The van der Waals surface area contributed by atoms with Gasteiger partial charge in [0.05, 0.1) is 6.54 Å². The molecule has 5 nitrogen and oxygen atoms in total. The number of rotatable bonds is 11. The van der Waals surface area contributed by atoms with Gasteiger partial charge in [-0.05, 0) is 19.3 Å². The third kappa shape index (κ3) is 7.12. The largest absolute Gasteiger partial charge is 0.333 e. The van der Waals surface area contributed by atoms with Crippen LogP contribution in [0.5, 0.6) is 0 Å². The van der Waals surface area contributed by atoms with E-state index in [9.17, 15) is 9.59 Å². The smallest absolute Gasteiger partial charge is 0.245 e. The Morgan fingerprint density at radius 1 is 1.22 bits per heavy atom. The molecule has 0 unspecified atom stereocenters. The minimum absolute atomic E-state index is 0.00818. The van der Waals surface area contributed by atoms with Gasteiger partial charge in [-0.15, -0.1) is 11.3 Å². The molecule has 1 aromatic rings. The van der Waals surface area contributed by atoms with Gasteiger partial charge in [0.25, 0.3) is 0 Å².